The van der Waals surface area contributed by atoms with Gasteiger partial charge in [0, 0.05) is 23.2 Å². The van der Waals surface area contributed by atoms with Gasteiger partial charge in [-0.1, -0.05) is 87.5 Å². The Morgan fingerprint density at radius 2 is 1.34 bits per heavy atom. The third-order valence-electron chi connectivity index (χ3n) is 5.17. The zero-order valence-corrected chi connectivity index (χ0v) is 20.2. The molecule has 1 unspecified atom stereocenters. The van der Waals surface area contributed by atoms with E-state index >= 15 is 0 Å². The number of nitrogens with one attached hydrogen (secondary N) is 3. The monoisotopic (exact) mass is 473 g/mol. The Kier molecular flexibility index (Phi) is 8.62. The van der Waals surface area contributed by atoms with E-state index in [1.165, 1.54) is 0 Å². The molecule has 182 valence electrons. The van der Waals surface area contributed by atoms with Crippen LogP contribution in [0.15, 0.2) is 84.9 Å². The summed E-state index contributed by atoms with van der Waals surface area (Å²) in [6, 6.07) is 24.7. The van der Waals surface area contributed by atoms with Crippen molar-refractivity contribution in [1.82, 2.24) is 5.32 Å². The molecule has 7 nitrogen and oxygen atoms in total. The summed E-state index contributed by atoms with van der Waals surface area (Å²) in [4.78, 5) is 37.9. The quantitative estimate of drug-likeness (QED) is 0.422. The molecule has 0 aliphatic rings. The zero-order valence-electron chi connectivity index (χ0n) is 20.2. The molecule has 3 aromatic carbocycles. The second kappa shape index (κ2) is 11.8. The number of hydrogen-bond donors (Lipinski definition) is 3. The highest BCUT2D eigenvalue weighted by Crippen LogP contribution is 2.20. The summed E-state index contributed by atoms with van der Waals surface area (Å²) in [5.41, 5.74) is 2.25. The van der Waals surface area contributed by atoms with E-state index in [-0.39, 0.29) is 18.9 Å². The van der Waals surface area contributed by atoms with Gasteiger partial charge in [0.1, 0.15) is 12.6 Å². The first kappa shape index (κ1) is 25.5. The van der Waals surface area contributed by atoms with Crippen molar-refractivity contribution >= 4 is 29.3 Å². The number of benzene rings is 3. The van der Waals surface area contributed by atoms with Gasteiger partial charge in [0.25, 0.3) is 0 Å². The number of rotatable bonds is 8. The Morgan fingerprint density at radius 1 is 0.771 bits per heavy atom. The molecule has 3 aromatic rings. The van der Waals surface area contributed by atoms with Crippen molar-refractivity contribution in [3.63, 3.8) is 0 Å². The summed E-state index contributed by atoms with van der Waals surface area (Å²) in [6.45, 7) is 5.57. The van der Waals surface area contributed by atoms with Crippen LogP contribution in [0.5, 0.6) is 0 Å². The van der Waals surface area contributed by atoms with Crippen molar-refractivity contribution in [3.05, 3.63) is 96.1 Å². The molecule has 7 heteroatoms. The van der Waals surface area contributed by atoms with Gasteiger partial charge in [-0.3, -0.25) is 9.59 Å². The molecule has 0 aliphatic heterocycles. The van der Waals surface area contributed by atoms with Gasteiger partial charge in [0.2, 0.25) is 11.8 Å². The van der Waals surface area contributed by atoms with Crippen LogP contribution in [0.25, 0.3) is 0 Å². The number of amides is 3. The minimum Gasteiger partial charge on any atom is -0.445 e. The molecule has 0 aromatic heterocycles. The fraction of sp³-hybridized carbons (Fsp3) is 0.250. The van der Waals surface area contributed by atoms with E-state index in [1.807, 2.05) is 81.4 Å². The first-order valence-corrected chi connectivity index (χ1v) is 11.4. The Labute approximate surface area is 205 Å². The van der Waals surface area contributed by atoms with Gasteiger partial charge in [-0.2, -0.15) is 0 Å². The normalized spacial score (nSPS) is 11.7. The summed E-state index contributed by atoms with van der Waals surface area (Å²) in [6.07, 6.45) is -0.399. The Morgan fingerprint density at radius 3 is 1.94 bits per heavy atom. The van der Waals surface area contributed by atoms with Gasteiger partial charge < -0.3 is 20.7 Å². The van der Waals surface area contributed by atoms with E-state index in [0.29, 0.717) is 11.4 Å². The molecular formula is C28H31N3O4. The van der Waals surface area contributed by atoms with Gasteiger partial charge in [-0.15, -0.1) is 0 Å². The highest BCUT2D eigenvalue weighted by Gasteiger charge is 2.23. The first-order valence-electron chi connectivity index (χ1n) is 11.4. The number of hydrogen-bond acceptors (Lipinski definition) is 4. The van der Waals surface area contributed by atoms with Crippen LogP contribution >= 0.6 is 0 Å². The first-order chi connectivity index (χ1) is 16.7. The lowest BCUT2D eigenvalue weighted by atomic mass is 9.95. The fourth-order valence-electron chi connectivity index (χ4n) is 3.19. The molecule has 0 fully saturated rings. The molecule has 0 bridgehead atoms. The molecule has 0 heterocycles. The standard InChI is InChI=1S/C28H31N3O4/c1-28(2,3)26(33)30-23-16-10-15-22(18-23)29-25(32)24(17-20-11-6-4-7-12-20)31-27(34)35-19-21-13-8-5-9-14-21/h4-16,18,24H,17,19H2,1-3H3,(H,29,32)(H,30,33)(H,31,34). The van der Waals surface area contributed by atoms with Crippen molar-refractivity contribution < 1.29 is 19.1 Å². The third kappa shape index (κ3) is 8.30. The van der Waals surface area contributed by atoms with Gasteiger partial charge in [-0.05, 0) is 29.3 Å². The van der Waals surface area contributed by atoms with Gasteiger partial charge in [-0.25, -0.2) is 4.79 Å². The van der Waals surface area contributed by atoms with Crippen molar-refractivity contribution in [1.29, 1.82) is 0 Å². The highest BCUT2D eigenvalue weighted by atomic mass is 16.5. The Balaban J connectivity index is 1.68. The number of carbonyl (C=O) groups is 3. The van der Waals surface area contributed by atoms with Crippen LogP contribution in [0.2, 0.25) is 0 Å². The van der Waals surface area contributed by atoms with E-state index in [9.17, 15) is 14.4 Å². The van der Waals surface area contributed by atoms with Crippen LogP contribution in [-0.4, -0.2) is 23.9 Å². The van der Waals surface area contributed by atoms with Gasteiger partial charge in [0.05, 0.1) is 0 Å². The van der Waals surface area contributed by atoms with E-state index < -0.39 is 23.5 Å². The van der Waals surface area contributed by atoms with Crippen molar-refractivity contribution in [2.75, 3.05) is 10.6 Å². The molecule has 0 aliphatic carbocycles. The topological polar surface area (TPSA) is 96.5 Å². The fourth-order valence-corrected chi connectivity index (χ4v) is 3.19. The lowest BCUT2D eigenvalue weighted by Gasteiger charge is -2.20. The average molecular weight is 474 g/mol. The van der Waals surface area contributed by atoms with Gasteiger partial charge >= 0.3 is 6.09 Å². The highest BCUT2D eigenvalue weighted by molar-refractivity contribution is 5.98. The minimum absolute atomic E-state index is 0.0991. The van der Waals surface area contributed by atoms with E-state index in [4.69, 9.17) is 4.74 Å². The summed E-state index contributed by atoms with van der Waals surface area (Å²) in [5, 5.41) is 8.36. The summed E-state index contributed by atoms with van der Waals surface area (Å²) >= 11 is 0. The van der Waals surface area contributed by atoms with Crippen molar-refractivity contribution in [3.8, 4) is 0 Å². The van der Waals surface area contributed by atoms with Gasteiger partial charge in [0.15, 0.2) is 0 Å². The van der Waals surface area contributed by atoms with E-state index in [2.05, 4.69) is 16.0 Å². The lowest BCUT2D eigenvalue weighted by Crippen LogP contribution is -2.45. The smallest absolute Gasteiger partial charge is 0.408 e. The third-order valence-corrected chi connectivity index (χ3v) is 5.17. The largest absolute Gasteiger partial charge is 0.445 e. The van der Waals surface area contributed by atoms with Crippen LogP contribution in [0, 0.1) is 5.41 Å². The predicted octanol–water partition coefficient (Wildman–Crippen LogP) is 5.15. The molecule has 0 spiro atoms. The predicted molar refractivity (Wildman–Crippen MR) is 137 cm³/mol. The molecule has 35 heavy (non-hydrogen) atoms. The Bertz CT molecular complexity index is 1140. The van der Waals surface area contributed by atoms with Crippen molar-refractivity contribution in [2.45, 2.75) is 39.8 Å². The SMILES string of the molecule is CC(C)(C)C(=O)Nc1cccc(NC(=O)C(Cc2ccccc2)NC(=O)OCc2ccccc2)c1. The van der Waals surface area contributed by atoms with Crippen LogP contribution in [0.4, 0.5) is 16.2 Å². The lowest BCUT2D eigenvalue weighted by molar-refractivity contribution is -0.123. The molecule has 0 saturated heterocycles. The molecule has 3 rings (SSSR count). The second-order valence-corrected chi connectivity index (χ2v) is 9.22. The Hall–Kier alpha value is -4.13. The maximum atomic E-state index is 13.2. The average Bonchev–Trinajstić information content (AvgIpc) is 2.83. The van der Waals surface area contributed by atoms with Crippen LogP contribution < -0.4 is 16.0 Å². The molecule has 1 atom stereocenters. The number of ether oxygens (including phenoxy) is 1. The van der Waals surface area contributed by atoms with Crippen LogP contribution in [0.1, 0.15) is 31.9 Å². The molecule has 0 radical (unpaired) electrons. The minimum atomic E-state index is -0.867. The maximum Gasteiger partial charge on any atom is 0.408 e. The molecule has 0 saturated carbocycles. The van der Waals surface area contributed by atoms with Crippen LogP contribution in [0.3, 0.4) is 0 Å². The number of anilines is 2. The van der Waals surface area contributed by atoms with Crippen LogP contribution in [-0.2, 0) is 27.4 Å². The summed E-state index contributed by atoms with van der Waals surface area (Å²) < 4.78 is 5.31. The molecule has 3 amide bonds. The summed E-state index contributed by atoms with van der Waals surface area (Å²) in [7, 11) is 0. The second-order valence-electron chi connectivity index (χ2n) is 9.22. The number of carbonyl (C=O) groups excluding carboxylic acids is 3. The van der Waals surface area contributed by atoms with Crippen molar-refractivity contribution in [2.24, 2.45) is 5.41 Å². The van der Waals surface area contributed by atoms with E-state index in [1.54, 1.807) is 24.3 Å². The zero-order chi connectivity index (χ0) is 25.3. The molecule has 3 N–H and O–H groups in total. The molecular weight excluding hydrogens is 442 g/mol. The maximum absolute atomic E-state index is 13.2. The van der Waals surface area contributed by atoms with E-state index in [0.717, 1.165) is 11.1 Å². The number of alkyl carbamates (subject to hydrolysis) is 1. The summed E-state index contributed by atoms with van der Waals surface area (Å²) in [5.74, 6) is -0.532.